The molecule has 0 aromatic heterocycles. The van der Waals surface area contributed by atoms with Crippen molar-refractivity contribution in [1.82, 2.24) is 4.90 Å². The topological polar surface area (TPSA) is 32.7 Å². The van der Waals surface area contributed by atoms with E-state index in [0.29, 0.717) is 12.7 Å². The summed E-state index contributed by atoms with van der Waals surface area (Å²) >= 11 is 0. The Labute approximate surface area is 92.4 Å². The molecule has 2 aliphatic rings. The van der Waals surface area contributed by atoms with Gasteiger partial charge in [0.2, 0.25) is 0 Å². The Hall–Kier alpha value is -0.120. The lowest BCUT2D eigenvalue weighted by atomic mass is 9.87. The van der Waals surface area contributed by atoms with E-state index in [1.54, 1.807) is 7.11 Å². The molecule has 0 aromatic rings. The molecule has 1 saturated heterocycles. The van der Waals surface area contributed by atoms with Gasteiger partial charge in [-0.15, -0.1) is 0 Å². The summed E-state index contributed by atoms with van der Waals surface area (Å²) in [6.07, 6.45) is 6.57. The first-order valence-corrected chi connectivity index (χ1v) is 6.14. The van der Waals surface area contributed by atoms with E-state index in [-0.39, 0.29) is 5.41 Å². The van der Waals surface area contributed by atoms with Gasteiger partial charge in [-0.05, 0) is 19.3 Å². The van der Waals surface area contributed by atoms with Crippen molar-refractivity contribution in [2.45, 2.75) is 38.2 Å². The fraction of sp³-hybridized carbons (Fsp3) is 1.00. The summed E-state index contributed by atoms with van der Waals surface area (Å²) in [5.74, 6) is 0. The number of hydrogen-bond acceptors (Lipinski definition) is 3. The third-order valence-electron chi connectivity index (χ3n) is 4.12. The Balaban J connectivity index is 1.85. The maximum Gasteiger partial charge on any atom is 0.0710 e. The molecule has 3 heteroatoms. The van der Waals surface area contributed by atoms with Gasteiger partial charge in [0.1, 0.15) is 0 Å². The molecule has 88 valence electrons. The normalized spacial score (nSPS) is 31.2. The number of aliphatic hydroxyl groups is 1. The predicted molar refractivity (Wildman–Crippen MR) is 59.8 cm³/mol. The van der Waals surface area contributed by atoms with E-state index in [9.17, 15) is 5.11 Å². The molecule has 1 saturated carbocycles. The second-order valence-corrected chi connectivity index (χ2v) is 5.25. The first-order valence-electron chi connectivity index (χ1n) is 6.14. The maximum atomic E-state index is 9.54. The Morgan fingerprint density at radius 3 is 2.67 bits per heavy atom. The highest BCUT2D eigenvalue weighted by Gasteiger charge is 2.36. The van der Waals surface area contributed by atoms with Gasteiger partial charge in [-0.3, -0.25) is 0 Å². The zero-order valence-electron chi connectivity index (χ0n) is 9.74. The average Bonchev–Trinajstić information content (AvgIpc) is 2.88. The maximum absolute atomic E-state index is 9.54. The standard InChI is InChI=1S/C12H23NO2/c1-15-11-4-7-13(8-11)9-12(10-14)5-2-3-6-12/h11,14H,2-10H2,1H3. The minimum atomic E-state index is 0.211. The van der Waals surface area contributed by atoms with E-state index in [0.717, 1.165) is 26.1 Å². The summed E-state index contributed by atoms with van der Waals surface area (Å²) in [4.78, 5) is 2.47. The minimum absolute atomic E-state index is 0.211. The number of nitrogens with zero attached hydrogens (tertiary/aromatic N) is 1. The summed E-state index contributed by atoms with van der Waals surface area (Å²) in [6.45, 7) is 3.63. The fourth-order valence-corrected chi connectivity index (χ4v) is 3.10. The SMILES string of the molecule is COC1CCN(CC2(CO)CCCC2)C1. The van der Waals surface area contributed by atoms with Crippen LogP contribution in [0.2, 0.25) is 0 Å². The van der Waals surface area contributed by atoms with E-state index >= 15 is 0 Å². The number of likely N-dealkylation sites (tertiary alicyclic amines) is 1. The lowest BCUT2D eigenvalue weighted by molar-refractivity contribution is 0.0708. The molecule has 0 aromatic carbocycles. The monoisotopic (exact) mass is 213 g/mol. The first-order chi connectivity index (χ1) is 7.28. The Morgan fingerprint density at radius 1 is 1.40 bits per heavy atom. The highest BCUT2D eigenvalue weighted by atomic mass is 16.5. The lowest BCUT2D eigenvalue weighted by Crippen LogP contribution is -2.37. The lowest BCUT2D eigenvalue weighted by Gasteiger charge is -2.31. The number of hydrogen-bond donors (Lipinski definition) is 1. The number of aliphatic hydroxyl groups excluding tert-OH is 1. The van der Waals surface area contributed by atoms with Crippen LogP contribution in [0.4, 0.5) is 0 Å². The van der Waals surface area contributed by atoms with Crippen molar-refractivity contribution in [3.63, 3.8) is 0 Å². The average molecular weight is 213 g/mol. The smallest absolute Gasteiger partial charge is 0.0710 e. The molecule has 2 rings (SSSR count). The van der Waals surface area contributed by atoms with Crippen LogP contribution >= 0.6 is 0 Å². The van der Waals surface area contributed by atoms with Crippen LogP contribution in [-0.2, 0) is 4.74 Å². The van der Waals surface area contributed by atoms with Crippen molar-refractivity contribution >= 4 is 0 Å². The van der Waals surface area contributed by atoms with Crippen molar-refractivity contribution in [3.05, 3.63) is 0 Å². The molecule has 2 fully saturated rings. The van der Waals surface area contributed by atoms with Gasteiger partial charge in [-0.25, -0.2) is 0 Å². The van der Waals surface area contributed by atoms with E-state index in [1.807, 2.05) is 0 Å². The second kappa shape index (κ2) is 4.81. The molecule has 0 bridgehead atoms. The molecule has 1 atom stereocenters. The summed E-state index contributed by atoms with van der Waals surface area (Å²) < 4.78 is 5.37. The quantitative estimate of drug-likeness (QED) is 0.763. The van der Waals surface area contributed by atoms with Crippen LogP contribution in [0.3, 0.4) is 0 Å². The zero-order chi connectivity index (χ0) is 10.7. The van der Waals surface area contributed by atoms with Gasteiger partial charge in [-0.2, -0.15) is 0 Å². The molecule has 1 aliphatic heterocycles. The first kappa shape index (κ1) is 11.4. The van der Waals surface area contributed by atoms with Crippen LogP contribution in [0.1, 0.15) is 32.1 Å². The van der Waals surface area contributed by atoms with Crippen LogP contribution < -0.4 is 0 Å². The molecule has 1 N–H and O–H groups in total. The molecule has 0 spiro atoms. The molecule has 1 unspecified atom stereocenters. The third-order valence-corrected chi connectivity index (χ3v) is 4.12. The number of rotatable bonds is 4. The molecule has 0 radical (unpaired) electrons. The van der Waals surface area contributed by atoms with Gasteiger partial charge in [-0.1, -0.05) is 12.8 Å². The van der Waals surface area contributed by atoms with Gasteiger partial charge in [0.15, 0.2) is 0 Å². The van der Waals surface area contributed by atoms with Crippen LogP contribution in [-0.4, -0.2) is 49.5 Å². The van der Waals surface area contributed by atoms with Gasteiger partial charge >= 0.3 is 0 Å². The molecular formula is C12H23NO2. The van der Waals surface area contributed by atoms with Crippen molar-refractivity contribution in [2.24, 2.45) is 5.41 Å². The van der Waals surface area contributed by atoms with Crippen LogP contribution in [0.5, 0.6) is 0 Å². The molecule has 15 heavy (non-hydrogen) atoms. The number of ether oxygens (including phenoxy) is 1. The Morgan fingerprint density at radius 2 is 2.13 bits per heavy atom. The highest BCUT2D eigenvalue weighted by Crippen LogP contribution is 2.38. The van der Waals surface area contributed by atoms with Gasteiger partial charge in [0.25, 0.3) is 0 Å². The van der Waals surface area contributed by atoms with Crippen molar-refractivity contribution in [1.29, 1.82) is 0 Å². The Kier molecular flexibility index (Phi) is 3.65. The van der Waals surface area contributed by atoms with E-state index in [4.69, 9.17) is 4.74 Å². The fourth-order valence-electron chi connectivity index (χ4n) is 3.10. The van der Waals surface area contributed by atoms with Gasteiger partial charge < -0.3 is 14.7 Å². The molecular weight excluding hydrogens is 190 g/mol. The molecule has 1 heterocycles. The van der Waals surface area contributed by atoms with Crippen molar-refractivity contribution < 1.29 is 9.84 Å². The second-order valence-electron chi connectivity index (χ2n) is 5.25. The van der Waals surface area contributed by atoms with Gasteiger partial charge in [0, 0.05) is 38.8 Å². The van der Waals surface area contributed by atoms with Crippen LogP contribution in [0, 0.1) is 5.41 Å². The van der Waals surface area contributed by atoms with Crippen LogP contribution in [0.15, 0.2) is 0 Å². The van der Waals surface area contributed by atoms with Gasteiger partial charge in [0.05, 0.1) is 6.10 Å². The zero-order valence-corrected chi connectivity index (χ0v) is 9.74. The minimum Gasteiger partial charge on any atom is -0.396 e. The van der Waals surface area contributed by atoms with Crippen molar-refractivity contribution in [2.75, 3.05) is 33.4 Å². The third kappa shape index (κ3) is 2.52. The van der Waals surface area contributed by atoms with Crippen LogP contribution in [0.25, 0.3) is 0 Å². The summed E-state index contributed by atoms with van der Waals surface area (Å²) in [6, 6.07) is 0. The summed E-state index contributed by atoms with van der Waals surface area (Å²) in [5.41, 5.74) is 0.211. The number of methoxy groups -OCH3 is 1. The predicted octanol–water partition coefficient (Wildman–Crippen LogP) is 1.26. The van der Waals surface area contributed by atoms with Crippen molar-refractivity contribution in [3.8, 4) is 0 Å². The van der Waals surface area contributed by atoms with E-state index < -0.39 is 0 Å². The summed E-state index contributed by atoms with van der Waals surface area (Å²) in [7, 11) is 1.80. The molecule has 3 nitrogen and oxygen atoms in total. The van der Waals surface area contributed by atoms with E-state index in [1.165, 1.54) is 25.7 Å². The largest absolute Gasteiger partial charge is 0.396 e. The summed E-state index contributed by atoms with van der Waals surface area (Å²) in [5, 5.41) is 9.54. The van der Waals surface area contributed by atoms with E-state index in [2.05, 4.69) is 4.90 Å². The Bertz CT molecular complexity index is 202. The highest BCUT2D eigenvalue weighted by molar-refractivity contribution is 4.89. The molecule has 0 amide bonds. The molecule has 1 aliphatic carbocycles.